The lowest BCUT2D eigenvalue weighted by Crippen LogP contribution is -2.54. The first-order valence-electron chi connectivity index (χ1n) is 6.04. The van der Waals surface area contributed by atoms with Gasteiger partial charge in [0.05, 0.1) is 5.25 Å². The molecule has 0 amide bonds. The fraction of sp³-hybridized carbons (Fsp3) is 0.909. The number of sulfonamides is 1. The maximum Gasteiger partial charge on any atom is 0.325 e. The lowest BCUT2D eigenvalue weighted by molar-refractivity contribution is -0.147. The normalized spacial score (nSPS) is 26.6. The standard InChI is InChI=1S/C11H21NO4S/c1-4-6-11(10(13)14)7-5-8-12(11)17(15,16)9(2)3/h9H,4-8H2,1-3H3,(H,13,14). The molecule has 1 aliphatic rings. The molecule has 5 nitrogen and oxygen atoms in total. The van der Waals surface area contributed by atoms with E-state index in [-0.39, 0.29) is 0 Å². The molecule has 0 aromatic heterocycles. The van der Waals surface area contributed by atoms with Crippen molar-refractivity contribution < 1.29 is 18.3 Å². The molecule has 0 bridgehead atoms. The minimum absolute atomic E-state index is 0.326. The van der Waals surface area contributed by atoms with Crippen molar-refractivity contribution in [3.63, 3.8) is 0 Å². The zero-order valence-corrected chi connectivity index (χ0v) is 11.5. The number of carboxylic acid groups (broad SMARTS) is 1. The van der Waals surface area contributed by atoms with Crippen molar-refractivity contribution in [3.05, 3.63) is 0 Å². The highest BCUT2D eigenvalue weighted by Crippen LogP contribution is 2.37. The quantitative estimate of drug-likeness (QED) is 0.814. The molecular formula is C11H21NO4S. The molecule has 17 heavy (non-hydrogen) atoms. The molecule has 100 valence electrons. The Bertz CT molecular complexity index is 390. The summed E-state index contributed by atoms with van der Waals surface area (Å²) in [5.74, 6) is -1.01. The van der Waals surface area contributed by atoms with Crippen LogP contribution >= 0.6 is 0 Å². The second-order valence-electron chi connectivity index (χ2n) is 4.86. The van der Waals surface area contributed by atoms with Gasteiger partial charge in [0.1, 0.15) is 5.54 Å². The van der Waals surface area contributed by atoms with E-state index in [4.69, 9.17) is 0 Å². The minimum Gasteiger partial charge on any atom is -0.480 e. The first-order valence-corrected chi connectivity index (χ1v) is 7.54. The van der Waals surface area contributed by atoms with Crippen LogP contribution in [-0.4, -0.2) is 41.1 Å². The van der Waals surface area contributed by atoms with Crippen LogP contribution in [0.25, 0.3) is 0 Å². The number of aliphatic carboxylic acids is 1. The SMILES string of the molecule is CCCC1(C(=O)O)CCCN1S(=O)(=O)C(C)C. The van der Waals surface area contributed by atoms with Gasteiger partial charge in [-0.05, 0) is 33.1 Å². The molecule has 1 saturated heterocycles. The van der Waals surface area contributed by atoms with E-state index in [0.29, 0.717) is 32.2 Å². The van der Waals surface area contributed by atoms with Gasteiger partial charge in [-0.3, -0.25) is 4.79 Å². The monoisotopic (exact) mass is 263 g/mol. The second-order valence-corrected chi connectivity index (χ2v) is 7.27. The van der Waals surface area contributed by atoms with Crippen molar-refractivity contribution in [3.8, 4) is 0 Å². The lowest BCUT2D eigenvalue weighted by atomic mass is 9.92. The molecule has 1 unspecified atom stereocenters. The van der Waals surface area contributed by atoms with Crippen LogP contribution in [0.4, 0.5) is 0 Å². The van der Waals surface area contributed by atoms with Crippen molar-refractivity contribution in [2.45, 2.75) is 57.2 Å². The van der Waals surface area contributed by atoms with E-state index in [2.05, 4.69) is 0 Å². The molecule has 6 heteroatoms. The molecule has 0 aromatic carbocycles. The Kier molecular flexibility index (Phi) is 4.19. The van der Waals surface area contributed by atoms with Crippen molar-refractivity contribution in [2.24, 2.45) is 0 Å². The van der Waals surface area contributed by atoms with Crippen LogP contribution in [0, 0.1) is 0 Å². The highest BCUT2D eigenvalue weighted by molar-refractivity contribution is 7.89. The van der Waals surface area contributed by atoms with Crippen molar-refractivity contribution in [1.29, 1.82) is 0 Å². The number of carboxylic acids is 1. The third kappa shape index (κ3) is 2.33. The van der Waals surface area contributed by atoms with Gasteiger partial charge in [0, 0.05) is 6.54 Å². The van der Waals surface area contributed by atoms with E-state index < -0.39 is 26.8 Å². The summed E-state index contributed by atoms with van der Waals surface area (Å²) in [6, 6.07) is 0. The predicted octanol–water partition coefficient (Wildman–Crippen LogP) is 1.44. The maximum absolute atomic E-state index is 12.2. The Labute approximate surface area is 103 Å². The molecule has 1 N–H and O–H groups in total. The Morgan fingerprint density at radius 1 is 1.47 bits per heavy atom. The Balaban J connectivity index is 3.18. The Morgan fingerprint density at radius 2 is 2.06 bits per heavy atom. The number of hydrogen-bond acceptors (Lipinski definition) is 3. The Morgan fingerprint density at radius 3 is 2.47 bits per heavy atom. The van der Waals surface area contributed by atoms with Crippen LogP contribution in [-0.2, 0) is 14.8 Å². The molecule has 0 saturated carbocycles. The zero-order valence-electron chi connectivity index (χ0n) is 10.6. The van der Waals surface area contributed by atoms with E-state index in [9.17, 15) is 18.3 Å². The third-order valence-electron chi connectivity index (χ3n) is 3.39. The van der Waals surface area contributed by atoms with E-state index in [1.54, 1.807) is 13.8 Å². The largest absolute Gasteiger partial charge is 0.480 e. The Hall–Kier alpha value is -0.620. The van der Waals surface area contributed by atoms with Gasteiger partial charge in [0.2, 0.25) is 10.0 Å². The van der Waals surface area contributed by atoms with Crippen molar-refractivity contribution >= 4 is 16.0 Å². The molecule has 1 rings (SSSR count). The molecule has 0 radical (unpaired) electrons. The van der Waals surface area contributed by atoms with Crippen molar-refractivity contribution in [1.82, 2.24) is 4.31 Å². The van der Waals surface area contributed by atoms with E-state index >= 15 is 0 Å². The average Bonchev–Trinajstić information content (AvgIpc) is 2.63. The van der Waals surface area contributed by atoms with Crippen LogP contribution in [0.15, 0.2) is 0 Å². The summed E-state index contributed by atoms with van der Waals surface area (Å²) in [6.45, 7) is 5.38. The summed E-state index contributed by atoms with van der Waals surface area (Å²) in [7, 11) is -3.50. The highest BCUT2D eigenvalue weighted by Gasteiger charge is 2.52. The fourth-order valence-corrected chi connectivity index (χ4v) is 4.10. The van der Waals surface area contributed by atoms with Crippen molar-refractivity contribution in [2.75, 3.05) is 6.54 Å². The molecule has 1 aliphatic heterocycles. The first-order chi connectivity index (χ1) is 7.79. The van der Waals surface area contributed by atoms with Gasteiger partial charge in [-0.15, -0.1) is 0 Å². The predicted molar refractivity (Wildman–Crippen MR) is 65.3 cm³/mol. The summed E-state index contributed by atoms with van der Waals surface area (Å²) < 4.78 is 25.6. The third-order valence-corrected chi connectivity index (χ3v) is 5.73. The van der Waals surface area contributed by atoms with Gasteiger partial charge < -0.3 is 5.11 Å². The number of carbonyl (C=O) groups is 1. The first kappa shape index (κ1) is 14.4. The van der Waals surface area contributed by atoms with Gasteiger partial charge in [-0.1, -0.05) is 13.3 Å². The van der Waals surface area contributed by atoms with Crippen LogP contribution in [0.2, 0.25) is 0 Å². The second kappa shape index (κ2) is 4.94. The van der Waals surface area contributed by atoms with Crippen LogP contribution in [0.1, 0.15) is 46.5 Å². The summed E-state index contributed by atoms with van der Waals surface area (Å²) in [5.41, 5.74) is -1.21. The summed E-state index contributed by atoms with van der Waals surface area (Å²) in [4.78, 5) is 11.5. The van der Waals surface area contributed by atoms with E-state index in [0.717, 1.165) is 0 Å². The van der Waals surface area contributed by atoms with Gasteiger partial charge in [-0.2, -0.15) is 4.31 Å². The summed E-state index contributed by atoms with van der Waals surface area (Å²) in [6.07, 6.45) is 2.09. The number of nitrogens with zero attached hydrogens (tertiary/aromatic N) is 1. The molecule has 1 heterocycles. The van der Waals surface area contributed by atoms with Gasteiger partial charge in [-0.25, -0.2) is 8.42 Å². The average molecular weight is 263 g/mol. The molecule has 1 fully saturated rings. The molecule has 0 aromatic rings. The number of rotatable bonds is 5. The summed E-state index contributed by atoms with van der Waals surface area (Å²) >= 11 is 0. The lowest BCUT2D eigenvalue weighted by Gasteiger charge is -2.34. The fourth-order valence-electron chi connectivity index (χ4n) is 2.46. The number of hydrogen-bond donors (Lipinski definition) is 1. The zero-order chi connectivity index (χ0) is 13.3. The van der Waals surface area contributed by atoms with E-state index in [1.807, 2.05) is 6.92 Å². The summed E-state index contributed by atoms with van der Waals surface area (Å²) in [5, 5.41) is 8.83. The molecular weight excluding hydrogens is 242 g/mol. The topological polar surface area (TPSA) is 74.7 Å². The molecule has 1 atom stereocenters. The minimum atomic E-state index is -3.50. The highest BCUT2D eigenvalue weighted by atomic mass is 32.2. The van der Waals surface area contributed by atoms with Crippen LogP contribution in [0.5, 0.6) is 0 Å². The van der Waals surface area contributed by atoms with E-state index in [1.165, 1.54) is 4.31 Å². The van der Waals surface area contributed by atoms with Gasteiger partial charge in [0.25, 0.3) is 0 Å². The maximum atomic E-state index is 12.2. The smallest absolute Gasteiger partial charge is 0.325 e. The van der Waals surface area contributed by atoms with Gasteiger partial charge in [0.15, 0.2) is 0 Å². The van der Waals surface area contributed by atoms with Gasteiger partial charge >= 0.3 is 5.97 Å². The van der Waals surface area contributed by atoms with Crippen LogP contribution in [0.3, 0.4) is 0 Å². The van der Waals surface area contributed by atoms with Crippen LogP contribution < -0.4 is 0 Å². The molecule has 0 aliphatic carbocycles. The molecule has 0 spiro atoms.